The van der Waals surface area contributed by atoms with E-state index in [1.54, 1.807) is 0 Å². The van der Waals surface area contributed by atoms with Crippen molar-refractivity contribution in [3.05, 3.63) is 17.0 Å². The van der Waals surface area contributed by atoms with Crippen LogP contribution >= 0.6 is 0 Å². The number of aryl methyl sites for hydroxylation is 1. The minimum Gasteiger partial charge on any atom is -0.370 e. The molecule has 0 bridgehead atoms. The van der Waals surface area contributed by atoms with Gasteiger partial charge in [-0.2, -0.15) is 5.10 Å². The lowest BCUT2D eigenvalue weighted by molar-refractivity contribution is -0.0983. The number of rotatable bonds is 3. The van der Waals surface area contributed by atoms with Crippen molar-refractivity contribution in [3.8, 4) is 0 Å². The molecule has 0 radical (unpaired) electrons. The van der Waals surface area contributed by atoms with Crippen molar-refractivity contribution >= 4 is 11.9 Å². The van der Waals surface area contributed by atoms with E-state index in [0.717, 1.165) is 43.4 Å². The fourth-order valence-corrected chi connectivity index (χ4v) is 5.02. The topological polar surface area (TPSA) is 88.5 Å². The average Bonchev–Trinajstić information content (AvgIpc) is 3.05. The number of carbonyl (C=O) groups excluding carboxylic acids is 2. The molecule has 1 saturated carbocycles. The second kappa shape index (κ2) is 8.57. The molecule has 1 spiro atoms. The standard InChI is InChI=1S/C22H35N5O3/c1-15(2)23-20(28)19-17-14-30-22(13-18(17)26(3)25-19)9-11-27(12-10-22)21(29)24-16-7-5-4-6-8-16/h15-16H,4-14H2,1-3H3,(H,23,28)(H,24,29). The second-order valence-electron chi connectivity index (χ2n) is 9.45. The molecule has 30 heavy (non-hydrogen) atoms. The van der Waals surface area contributed by atoms with Gasteiger partial charge in [-0.15, -0.1) is 0 Å². The molecule has 1 aromatic heterocycles. The van der Waals surface area contributed by atoms with E-state index >= 15 is 0 Å². The van der Waals surface area contributed by atoms with E-state index < -0.39 is 0 Å². The Balaban J connectivity index is 1.37. The fraction of sp³-hybridized carbons (Fsp3) is 0.773. The van der Waals surface area contributed by atoms with Gasteiger partial charge in [-0.3, -0.25) is 9.48 Å². The number of amides is 3. The molecule has 2 N–H and O–H groups in total. The zero-order valence-electron chi connectivity index (χ0n) is 18.5. The highest BCUT2D eigenvalue weighted by molar-refractivity contribution is 5.94. The Morgan fingerprint density at radius 1 is 1.17 bits per heavy atom. The fourth-order valence-electron chi connectivity index (χ4n) is 5.02. The first-order chi connectivity index (χ1) is 14.4. The van der Waals surface area contributed by atoms with Gasteiger partial charge in [-0.25, -0.2) is 4.79 Å². The van der Waals surface area contributed by atoms with E-state index in [4.69, 9.17) is 4.74 Å². The highest BCUT2D eigenvalue weighted by Gasteiger charge is 2.42. The number of nitrogens with one attached hydrogen (secondary N) is 2. The van der Waals surface area contributed by atoms with Crippen molar-refractivity contribution in [3.63, 3.8) is 0 Å². The zero-order chi connectivity index (χ0) is 21.3. The molecule has 1 aliphatic carbocycles. The number of urea groups is 1. The lowest BCUT2D eigenvalue weighted by atomic mass is 9.83. The van der Waals surface area contributed by atoms with Gasteiger partial charge >= 0.3 is 6.03 Å². The third-order valence-electron chi connectivity index (χ3n) is 6.82. The van der Waals surface area contributed by atoms with E-state index in [1.165, 1.54) is 19.3 Å². The summed E-state index contributed by atoms with van der Waals surface area (Å²) in [5, 5.41) is 10.6. The molecule has 0 unspecified atom stereocenters. The molecule has 0 aromatic carbocycles. The third kappa shape index (κ3) is 4.33. The maximum atomic E-state index is 12.7. The van der Waals surface area contributed by atoms with Crippen molar-refractivity contribution in [2.24, 2.45) is 7.05 Å². The first-order valence-electron chi connectivity index (χ1n) is 11.4. The molecular formula is C22H35N5O3. The molecule has 2 fully saturated rings. The molecule has 166 valence electrons. The summed E-state index contributed by atoms with van der Waals surface area (Å²) in [7, 11) is 1.90. The molecule has 0 atom stereocenters. The van der Waals surface area contributed by atoms with Crippen LogP contribution in [0.5, 0.6) is 0 Å². The van der Waals surface area contributed by atoms with Crippen LogP contribution < -0.4 is 10.6 Å². The molecule has 8 nitrogen and oxygen atoms in total. The Morgan fingerprint density at radius 2 is 1.87 bits per heavy atom. The SMILES string of the molecule is CC(C)NC(=O)c1nn(C)c2c1COC1(CCN(C(=O)NC3CCCCC3)CC1)C2. The van der Waals surface area contributed by atoms with Crippen LogP contribution in [0, 0.1) is 0 Å². The molecule has 2 aliphatic heterocycles. The van der Waals surface area contributed by atoms with E-state index in [0.29, 0.717) is 31.4 Å². The predicted molar refractivity (Wildman–Crippen MR) is 113 cm³/mol. The Kier molecular flexibility index (Phi) is 6.04. The smallest absolute Gasteiger partial charge is 0.317 e. The molecule has 8 heteroatoms. The number of ether oxygens (including phenoxy) is 1. The highest BCUT2D eigenvalue weighted by atomic mass is 16.5. The van der Waals surface area contributed by atoms with Crippen molar-refractivity contribution in [2.75, 3.05) is 13.1 Å². The van der Waals surface area contributed by atoms with Crippen LogP contribution in [-0.2, 0) is 24.8 Å². The van der Waals surface area contributed by atoms with Gasteiger partial charge in [0.1, 0.15) is 0 Å². The first-order valence-corrected chi connectivity index (χ1v) is 11.4. The lowest BCUT2D eigenvalue weighted by Crippen LogP contribution is -2.54. The summed E-state index contributed by atoms with van der Waals surface area (Å²) in [5.74, 6) is -0.143. The molecule has 4 rings (SSSR count). The first kappa shape index (κ1) is 21.2. The van der Waals surface area contributed by atoms with Crippen LogP contribution in [0.25, 0.3) is 0 Å². The number of likely N-dealkylation sites (tertiary alicyclic amines) is 1. The number of aromatic nitrogens is 2. The maximum Gasteiger partial charge on any atom is 0.317 e. The molecule has 3 heterocycles. The van der Waals surface area contributed by atoms with E-state index in [1.807, 2.05) is 30.5 Å². The van der Waals surface area contributed by atoms with Gasteiger partial charge in [0.05, 0.1) is 12.2 Å². The average molecular weight is 418 g/mol. The number of fused-ring (bicyclic) bond motifs is 1. The van der Waals surface area contributed by atoms with Crippen molar-refractivity contribution in [2.45, 2.75) is 89.5 Å². The number of hydrogen-bond acceptors (Lipinski definition) is 4. The van der Waals surface area contributed by atoms with Crippen LogP contribution in [0.15, 0.2) is 0 Å². The third-order valence-corrected chi connectivity index (χ3v) is 6.82. The molecule has 3 amide bonds. The highest BCUT2D eigenvalue weighted by Crippen LogP contribution is 2.37. The molecule has 3 aliphatic rings. The van der Waals surface area contributed by atoms with E-state index in [-0.39, 0.29) is 23.6 Å². The minimum atomic E-state index is -0.270. The minimum absolute atomic E-state index is 0.0649. The maximum absolute atomic E-state index is 12.7. The van der Waals surface area contributed by atoms with Gasteiger partial charge in [-0.1, -0.05) is 19.3 Å². The summed E-state index contributed by atoms with van der Waals surface area (Å²) in [6.07, 6.45) is 8.27. The largest absolute Gasteiger partial charge is 0.370 e. The van der Waals surface area contributed by atoms with Gasteiger partial charge in [0.15, 0.2) is 5.69 Å². The van der Waals surface area contributed by atoms with Gasteiger partial charge in [0, 0.05) is 49.9 Å². The zero-order valence-corrected chi connectivity index (χ0v) is 18.5. The number of hydrogen-bond donors (Lipinski definition) is 2. The molecule has 1 saturated heterocycles. The predicted octanol–water partition coefficient (Wildman–Crippen LogP) is 2.51. The molecule has 1 aromatic rings. The van der Waals surface area contributed by atoms with Gasteiger partial charge < -0.3 is 20.3 Å². The monoisotopic (exact) mass is 417 g/mol. The van der Waals surface area contributed by atoms with Crippen LogP contribution in [0.4, 0.5) is 4.79 Å². The van der Waals surface area contributed by atoms with Crippen LogP contribution in [0.1, 0.15) is 80.5 Å². The normalized spacial score (nSPS) is 21.5. The van der Waals surface area contributed by atoms with Crippen molar-refractivity contribution in [1.29, 1.82) is 0 Å². The van der Waals surface area contributed by atoms with Crippen LogP contribution in [-0.4, -0.2) is 57.4 Å². The van der Waals surface area contributed by atoms with Gasteiger partial charge in [0.2, 0.25) is 0 Å². The summed E-state index contributed by atoms with van der Waals surface area (Å²) in [6, 6.07) is 0.469. The van der Waals surface area contributed by atoms with Crippen LogP contribution in [0.3, 0.4) is 0 Å². The van der Waals surface area contributed by atoms with Crippen molar-refractivity contribution < 1.29 is 14.3 Å². The summed E-state index contributed by atoms with van der Waals surface area (Å²) >= 11 is 0. The van der Waals surface area contributed by atoms with E-state index in [9.17, 15) is 9.59 Å². The summed E-state index contributed by atoms with van der Waals surface area (Å²) < 4.78 is 8.16. The Hall–Kier alpha value is -2.09. The van der Waals surface area contributed by atoms with E-state index in [2.05, 4.69) is 15.7 Å². The van der Waals surface area contributed by atoms with Gasteiger partial charge in [-0.05, 0) is 39.5 Å². The second-order valence-corrected chi connectivity index (χ2v) is 9.45. The Labute approximate surface area is 178 Å². The van der Waals surface area contributed by atoms with Crippen LogP contribution in [0.2, 0.25) is 0 Å². The number of piperidine rings is 1. The number of nitrogens with zero attached hydrogens (tertiary/aromatic N) is 3. The summed E-state index contributed by atoms with van der Waals surface area (Å²) in [4.78, 5) is 27.1. The van der Waals surface area contributed by atoms with Crippen molar-refractivity contribution in [1.82, 2.24) is 25.3 Å². The number of carbonyl (C=O) groups is 2. The molecular weight excluding hydrogens is 382 g/mol. The van der Waals surface area contributed by atoms with Gasteiger partial charge in [0.25, 0.3) is 5.91 Å². The quantitative estimate of drug-likeness (QED) is 0.791. The lowest BCUT2D eigenvalue weighted by Gasteiger charge is -2.44. The Morgan fingerprint density at radius 3 is 2.53 bits per heavy atom. The summed E-state index contributed by atoms with van der Waals surface area (Å²) in [5.41, 5.74) is 2.18. The summed E-state index contributed by atoms with van der Waals surface area (Å²) in [6.45, 7) is 5.69. The Bertz CT molecular complexity index is 789.